The Morgan fingerprint density at radius 1 is 1.60 bits per heavy atom. The van der Waals surface area contributed by atoms with Crippen LogP contribution in [0.5, 0.6) is 0 Å². The van der Waals surface area contributed by atoms with E-state index in [9.17, 15) is 4.79 Å². The third-order valence-corrected chi connectivity index (χ3v) is 0.753. The van der Waals surface area contributed by atoms with Crippen LogP contribution in [0.15, 0.2) is 12.7 Å². The molecule has 0 aromatic rings. The summed E-state index contributed by atoms with van der Waals surface area (Å²) in [5, 5.41) is 7.91. The minimum absolute atomic E-state index is 0.292. The minimum atomic E-state index is -0.711. The third-order valence-electron chi connectivity index (χ3n) is 0.753. The highest BCUT2D eigenvalue weighted by Gasteiger charge is 1.87. The molecule has 0 amide bonds. The summed E-state index contributed by atoms with van der Waals surface area (Å²) >= 11 is 0. The Morgan fingerprint density at radius 2 is 2.00 bits per heavy atom. The fourth-order valence-corrected chi connectivity index (χ4v) is 0.214. The molecule has 0 unspecified atom stereocenters. The Morgan fingerprint density at radius 3 is 2.00 bits per heavy atom. The standard InChI is InChI=1S/C4H8O2.C4H8/c1-2-3-4(5)6;1-3-4-2/h2-3H2,1H3,(H,5,6);3H,1,4H2,2H3. The summed E-state index contributed by atoms with van der Waals surface area (Å²) in [5.41, 5.74) is 0. The van der Waals surface area contributed by atoms with Crippen molar-refractivity contribution >= 4 is 5.97 Å². The first-order valence-corrected chi connectivity index (χ1v) is 3.51. The van der Waals surface area contributed by atoms with Crippen molar-refractivity contribution < 1.29 is 9.90 Å². The van der Waals surface area contributed by atoms with Gasteiger partial charge in [-0.25, -0.2) is 0 Å². The van der Waals surface area contributed by atoms with Crippen LogP contribution in [0.3, 0.4) is 0 Å². The molecule has 60 valence electrons. The Balaban J connectivity index is 0. The van der Waals surface area contributed by atoms with Gasteiger partial charge in [0.2, 0.25) is 0 Å². The smallest absolute Gasteiger partial charge is 0.303 e. The summed E-state index contributed by atoms with van der Waals surface area (Å²) < 4.78 is 0. The first kappa shape index (κ1) is 11.9. The normalized spacial score (nSPS) is 7.40. The molecule has 0 spiro atoms. The van der Waals surface area contributed by atoms with Crippen LogP contribution in [0.1, 0.15) is 33.1 Å². The molecule has 2 heteroatoms. The van der Waals surface area contributed by atoms with E-state index in [-0.39, 0.29) is 0 Å². The van der Waals surface area contributed by atoms with Gasteiger partial charge in [0.15, 0.2) is 0 Å². The van der Waals surface area contributed by atoms with Gasteiger partial charge < -0.3 is 5.11 Å². The second kappa shape index (κ2) is 11.1. The van der Waals surface area contributed by atoms with Crippen LogP contribution in [0.2, 0.25) is 0 Å². The molecule has 0 saturated carbocycles. The molecule has 0 rings (SSSR count). The lowest BCUT2D eigenvalue weighted by atomic mass is 10.4. The largest absolute Gasteiger partial charge is 0.481 e. The Labute approximate surface area is 62.6 Å². The molecule has 1 N–H and O–H groups in total. The van der Waals surface area contributed by atoms with Crippen molar-refractivity contribution in [2.75, 3.05) is 0 Å². The van der Waals surface area contributed by atoms with E-state index in [1.54, 1.807) is 0 Å². The lowest BCUT2D eigenvalue weighted by Gasteiger charge is -1.79. The van der Waals surface area contributed by atoms with Gasteiger partial charge in [0.25, 0.3) is 0 Å². The van der Waals surface area contributed by atoms with Crippen LogP contribution in [-0.4, -0.2) is 11.1 Å². The fraction of sp³-hybridized carbons (Fsp3) is 0.625. The number of carboxylic acids is 1. The summed E-state index contributed by atoms with van der Waals surface area (Å²) in [4.78, 5) is 9.60. The third kappa shape index (κ3) is 27.0. The number of allylic oxidation sites excluding steroid dienone is 1. The molecule has 0 radical (unpaired) electrons. The zero-order valence-electron chi connectivity index (χ0n) is 6.76. The second-order valence-corrected chi connectivity index (χ2v) is 1.84. The molecule has 0 aromatic carbocycles. The molecule has 10 heavy (non-hydrogen) atoms. The molecule has 2 nitrogen and oxygen atoms in total. The SMILES string of the molecule is C=CCC.CCCC(=O)O. The van der Waals surface area contributed by atoms with Gasteiger partial charge in [-0.15, -0.1) is 6.58 Å². The molecular formula is C8H16O2. The van der Waals surface area contributed by atoms with E-state index in [2.05, 4.69) is 13.5 Å². The summed E-state index contributed by atoms with van der Waals surface area (Å²) in [7, 11) is 0. The predicted octanol–water partition coefficient (Wildman–Crippen LogP) is 2.45. The van der Waals surface area contributed by atoms with E-state index in [0.29, 0.717) is 6.42 Å². The lowest BCUT2D eigenvalue weighted by Crippen LogP contribution is -1.90. The topological polar surface area (TPSA) is 37.3 Å². The lowest BCUT2D eigenvalue weighted by molar-refractivity contribution is -0.137. The zero-order valence-corrected chi connectivity index (χ0v) is 6.76. The van der Waals surface area contributed by atoms with E-state index in [4.69, 9.17) is 5.11 Å². The average molecular weight is 144 g/mol. The molecule has 0 heterocycles. The maximum absolute atomic E-state index is 9.60. The molecule has 0 bridgehead atoms. The number of hydrogen-bond acceptors (Lipinski definition) is 1. The number of rotatable bonds is 3. The van der Waals surface area contributed by atoms with Crippen LogP contribution in [0.4, 0.5) is 0 Å². The molecule has 0 aliphatic heterocycles. The van der Waals surface area contributed by atoms with Gasteiger partial charge in [0, 0.05) is 6.42 Å². The quantitative estimate of drug-likeness (QED) is 0.618. The molecule has 0 fully saturated rings. The van der Waals surface area contributed by atoms with Crippen molar-refractivity contribution in [2.45, 2.75) is 33.1 Å². The summed E-state index contributed by atoms with van der Waals surface area (Å²) in [5.74, 6) is -0.711. The monoisotopic (exact) mass is 144 g/mol. The highest BCUT2D eigenvalue weighted by Crippen LogP contribution is 1.82. The first-order chi connectivity index (χ1) is 4.68. The highest BCUT2D eigenvalue weighted by atomic mass is 16.4. The van der Waals surface area contributed by atoms with E-state index >= 15 is 0 Å². The fourth-order valence-electron chi connectivity index (χ4n) is 0.214. The highest BCUT2D eigenvalue weighted by molar-refractivity contribution is 5.66. The second-order valence-electron chi connectivity index (χ2n) is 1.84. The van der Waals surface area contributed by atoms with Crippen molar-refractivity contribution in [1.82, 2.24) is 0 Å². The molecule has 0 saturated heterocycles. The van der Waals surface area contributed by atoms with E-state index in [1.807, 2.05) is 13.0 Å². The van der Waals surface area contributed by atoms with Crippen LogP contribution >= 0.6 is 0 Å². The van der Waals surface area contributed by atoms with Crippen molar-refractivity contribution in [3.05, 3.63) is 12.7 Å². The maximum Gasteiger partial charge on any atom is 0.303 e. The Hall–Kier alpha value is -0.790. The summed E-state index contributed by atoms with van der Waals surface area (Å²) in [6.45, 7) is 7.38. The van der Waals surface area contributed by atoms with Gasteiger partial charge in [-0.1, -0.05) is 19.9 Å². The van der Waals surface area contributed by atoms with Gasteiger partial charge in [0.05, 0.1) is 0 Å². The van der Waals surface area contributed by atoms with Crippen molar-refractivity contribution in [1.29, 1.82) is 0 Å². The van der Waals surface area contributed by atoms with Crippen molar-refractivity contribution in [3.63, 3.8) is 0 Å². The van der Waals surface area contributed by atoms with Gasteiger partial charge in [0.1, 0.15) is 0 Å². The predicted molar refractivity (Wildman–Crippen MR) is 43.0 cm³/mol. The first-order valence-electron chi connectivity index (χ1n) is 3.51. The number of hydrogen-bond donors (Lipinski definition) is 1. The van der Waals surface area contributed by atoms with Crippen LogP contribution in [0.25, 0.3) is 0 Å². The van der Waals surface area contributed by atoms with Gasteiger partial charge >= 0.3 is 5.97 Å². The Kier molecular flexibility index (Phi) is 13.2. The Bertz CT molecular complexity index is 87.3. The molecule has 0 aliphatic rings. The number of carboxylic acid groups (broad SMARTS) is 1. The van der Waals surface area contributed by atoms with Gasteiger partial charge in [-0.05, 0) is 12.8 Å². The maximum atomic E-state index is 9.60. The van der Waals surface area contributed by atoms with E-state index in [1.165, 1.54) is 0 Å². The summed E-state index contributed by atoms with van der Waals surface area (Å²) in [6, 6.07) is 0. The average Bonchev–Trinajstić information content (AvgIpc) is 1.89. The van der Waals surface area contributed by atoms with Crippen LogP contribution < -0.4 is 0 Å². The zero-order chi connectivity index (χ0) is 8.41. The van der Waals surface area contributed by atoms with Gasteiger partial charge in [-0.2, -0.15) is 0 Å². The molecule has 0 aromatic heterocycles. The molecule has 0 atom stereocenters. The van der Waals surface area contributed by atoms with E-state index < -0.39 is 5.97 Å². The van der Waals surface area contributed by atoms with Crippen LogP contribution in [-0.2, 0) is 4.79 Å². The van der Waals surface area contributed by atoms with Crippen molar-refractivity contribution in [3.8, 4) is 0 Å². The molecular weight excluding hydrogens is 128 g/mol. The van der Waals surface area contributed by atoms with E-state index in [0.717, 1.165) is 12.8 Å². The van der Waals surface area contributed by atoms with Gasteiger partial charge in [-0.3, -0.25) is 4.79 Å². The number of carbonyl (C=O) groups is 1. The summed E-state index contributed by atoms with van der Waals surface area (Å²) in [6.07, 6.45) is 3.98. The van der Waals surface area contributed by atoms with Crippen LogP contribution in [0, 0.1) is 0 Å². The number of aliphatic carboxylic acids is 1. The minimum Gasteiger partial charge on any atom is -0.481 e. The van der Waals surface area contributed by atoms with Crippen molar-refractivity contribution in [2.24, 2.45) is 0 Å². The molecule has 0 aliphatic carbocycles.